The number of nitrogens with one attached hydrogen (secondary N) is 1. The molecule has 0 saturated carbocycles. The number of fused-ring (bicyclic) bond motifs is 3. The van der Waals surface area contributed by atoms with Gasteiger partial charge in [-0.3, -0.25) is 9.69 Å². The standard InChI is InChI=1S/C29H23N3O/c1-2-20-12-14-23(15-13-20)27(33)26-25(22-9-4-3-5-10-22)29(18-30,19-31)28-24-11-7-6-8-21(24)16-17-32(26)28/h3-17,25-26,28H,2H2,1H3/p+1/t25-,26+,28-/m0/s1. The number of rotatable bonds is 4. The van der Waals surface area contributed by atoms with Crippen molar-refractivity contribution in [2.24, 2.45) is 5.41 Å². The molecule has 0 radical (unpaired) electrons. The number of Topliss-reactive ketones (excluding diaryl/α,β-unsaturated/α-hetero) is 1. The first-order valence-corrected chi connectivity index (χ1v) is 11.3. The van der Waals surface area contributed by atoms with Crippen LogP contribution < -0.4 is 4.90 Å². The van der Waals surface area contributed by atoms with E-state index in [1.807, 2.05) is 91.1 Å². The third kappa shape index (κ3) is 3.11. The third-order valence-corrected chi connectivity index (χ3v) is 7.19. The summed E-state index contributed by atoms with van der Waals surface area (Å²) in [6, 6.07) is 28.9. The normalized spacial score (nSPS) is 24.2. The Balaban J connectivity index is 1.74. The second-order valence-corrected chi connectivity index (χ2v) is 8.77. The Hall–Kier alpha value is -3.99. The fourth-order valence-corrected chi connectivity index (χ4v) is 5.61. The molecule has 4 atom stereocenters. The number of nitriles is 2. The van der Waals surface area contributed by atoms with E-state index in [0.29, 0.717) is 5.56 Å². The Labute approximate surface area is 194 Å². The lowest BCUT2D eigenvalue weighted by atomic mass is 9.67. The van der Waals surface area contributed by atoms with E-state index in [-0.39, 0.29) is 5.78 Å². The van der Waals surface area contributed by atoms with Gasteiger partial charge in [-0.15, -0.1) is 0 Å². The van der Waals surface area contributed by atoms with Crippen molar-refractivity contribution in [3.8, 4) is 12.1 Å². The molecule has 2 aliphatic rings. The molecule has 1 N–H and O–H groups in total. The number of hydrogen-bond donors (Lipinski definition) is 1. The van der Waals surface area contributed by atoms with Crippen molar-refractivity contribution in [1.29, 1.82) is 10.5 Å². The number of benzene rings is 3. The van der Waals surface area contributed by atoms with Gasteiger partial charge in [-0.2, -0.15) is 10.5 Å². The lowest BCUT2D eigenvalue weighted by molar-refractivity contribution is -0.885. The Kier molecular flexibility index (Phi) is 5.17. The van der Waals surface area contributed by atoms with Gasteiger partial charge in [0, 0.05) is 11.1 Å². The lowest BCUT2D eigenvalue weighted by Crippen LogP contribution is -3.11. The summed E-state index contributed by atoms with van der Waals surface area (Å²) in [5.41, 5.74) is 3.17. The van der Waals surface area contributed by atoms with Gasteiger partial charge >= 0.3 is 0 Å². The number of carbonyl (C=O) groups excluding carboxylic acids is 1. The maximum atomic E-state index is 14.0. The van der Waals surface area contributed by atoms with Crippen LogP contribution in [-0.2, 0) is 6.42 Å². The molecule has 3 aromatic rings. The molecular weight excluding hydrogens is 406 g/mol. The van der Waals surface area contributed by atoms with E-state index >= 15 is 0 Å². The van der Waals surface area contributed by atoms with Gasteiger partial charge in [0.1, 0.15) is 0 Å². The van der Waals surface area contributed by atoms with Crippen LogP contribution in [0.2, 0.25) is 0 Å². The Morgan fingerprint density at radius 3 is 2.27 bits per heavy atom. The van der Waals surface area contributed by atoms with Crippen molar-refractivity contribution in [1.82, 2.24) is 0 Å². The highest BCUT2D eigenvalue weighted by Crippen LogP contribution is 2.51. The zero-order chi connectivity index (χ0) is 23.0. The number of aryl methyl sites for hydroxylation is 1. The van der Waals surface area contributed by atoms with E-state index in [0.717, 1.165) is 33.6 Å². The fraction of sp³-hybridized carbons (Fsp3) is 0.207. The van der Waals surface area contributed by atoms with Gasteiger partial charge in [0.25, 0.3) is 0 Å². The van der Waals surface area contributed by atoms with Crippen molar-refractivity contribution >= 4 is 11.9 Å². The Bertz CT molecular complexity index is 1300. The average molecular weight is 431 g/mol. The molecule has 160 valence electrons. The zero-order valence-electron chi connectivity index (χ0n) is 18.4. The van der Waals surface area contributed by atoms with Gasteiger partial charge in [-0.25, -0.2) is 0 Å². The Morgan fingerprint density at radius 2 is 1.61 bits per heavy atom. The van der Waals surface area contributed by atoms with Gasteiger partial charge in [0.2, 0.25) is 11.2 Å². The molecule has 4 nitrogen and oxygen atoms in total. The summed E-state index contributed by atoms with van der Waals surface area (Å²) in [4.78, 5) is 14.9. The minimum Gasteiger partial charge on any atom is -0.291 e. The first kappa shape index (κ1) is 20.9. The summed E-state index contributed by atoms with van der Waals surface area (Å²) in [5.74, 6) is -0.606. The summed E-state index contributed by atoms with van der Waals surface area (Å²) < 4.78 is 0. The van der Waals surface area contributed by atoms with Crippen LogP contribution in [0, 0.1) is 28.1 Å². The van der Waals surface area contributed by atoms with Crippen LogP contribution in [-0.4, -0.2) is 11.8 Å². The predicted octanol–water partition coefficient (Wildman–Crippen LogP) is 4.24. The van der Waals surface area contributed by atoms with Crippen LogP contribution in [0.1, 0.15) is 51.5 Å². The minimum atomic E-state index is -1.39. The van der Waals surface area contributed by atoms with E-state index in [9.17, 15) is 15.3 Å². The molecule has 0 aromatic heterocycles. The number of nitrogens with zero attached hydrogens (tertiary/aromatic N) is 2. The summed E-state index contributed by atoms with van der Waals surface area (Å²) in [6.07, 6.45) is 4.88. The molecule has 1 fully saturated rings. The molecule has 0 bridgehead atoms. The summed E-state index contributed by atoms with van der Waals surface area (Å²) >= 11 is 0. The largest absolute Gasteiger partial charge is 0.291 e. The van der Waals surface area contributed by atoms with Gasteiger partial charge in [0.05, 0.1) is 24.3 Å². The summed E-state index contributed by atoms with van der Waals surface area (Å²) in [7, 11) is 0. The molecule has 3 aromatic carbocycles. The Morgan fingerprint density at radius 1 is 0.939 bits per heavy atom. The highest BCUT2D eigenvalue weighted by molar-refractivity contribution is 6.00. The monoisotopic (exact) mass is 430 g/mol. The fourth-order valence-electron chi connectivity index (χ4n) is 5.61. The maximum absolute atomic E-state index is 14.0. The summed E-state index contributed by atoms with van der Waals surface area (Å²) in [6.45, 7) is 2.08. The van der Waals surface area contributed by atoms with E-state index in [2.05, 4.69) is 19.1 Å². The van der Waals surface area contributed by atoms with Gasteiger partial charge in [-0.1, -0.05) is 85.8 Å². The number of carbonyl (C=O) groups is 1. The van der Waals surface area contributed by atoms with Crippen molar-refractivity contribution in [2.75, 3.05) is 0 Å². The SMILES string of the molecule is CCc1ccc(C(=O)[C@H]2[C@H](c3ccccc3)C(C#N)(C#N)[C@@H]3c4ccccc4C=C[NH+]32)cc1. The maximum Gasteiger partial charge on any atom is 0.221 e. The molecule has 0 amide bonds. The minimum absolute atomic E-state index is 0.0390. The quantitative estimate of drug-likeness (QED) is 0.630. The summed E-state index contributed by atoms with van der Waals surface area (Å²) in [5, 5.41) is 21.1. The van der Waals surface area contributed by atoms with E-state index in [1.165, 1.54) is 0 Å². The molecule has 33 heavy (non-hydrogen) atoms. The van der Waals surface area contributed by atoms with Crippen LogP contribution in [0.15, 0.2) is 85.1 Å². The van der Waals surface area contributed by atoms with Crippen LogP contribution in [0.25, 0.3) is 6.08 Å². The number of quaternary nitrogens is 1. The lowest BCUT2D eigenvalue weighted by Gasteiger charge is -2.29. The molecular formula is C29H24N3O+. The van der Waals surface area contributed by atoms with Gasteiger partial charge < -0.3 is 0 Å². The smallest absolute Gasteiger partial charge is 0.221 e. The highest BCUT2D eigenvalue weighted by Gasteiger charge is 2.67. The molecule has 1 saturated heterocycles. The third-order valence-electron chi connectivity index (χ3n) is 7.19. The van der Waals surface area contributed by atoms with Crippen molar-refractivity contribution < 1.29 is 9.69 Å². The zero-order valence-corrected chi connectivity index (χ0v) is 18.4. The van der Waals surface area contributed by atoms with E-state index in [1.54, 1.807) is 0 Å². The molecule has 1 unspecified atom stereocenters. The first-order valence-electron chi connectivity index (χ1n) is 11.3. The molecule has 4 heteroatoms. The second-order valence-electron chi connectivity index (χ2n) is 8.77. The number of hydrogen-bond acceptors (Lipinski definition) is 3. The van der Waals surface area contributed by atoms with Crippen LogP contribution in [0.3, 0.4) is 0 Å². The molecule has 0 aliphatic carbocycles. The molecule has 2 aliphatic heterocycles. The van der Waals surface area contributed by atoms with Crippen molar-refractivity contribution in [3.63, 3.8) is 0 Å². The van der Waals surface area contributed by atoms with Crippen molar-refractivity contribution in [2.45, 2.75) is 31.3 Å². The van der Waals surface area contributed by atoms with Crippen molar-refractivity contribution in [3.05, 3.63) is 113 Å². The topological polar surface area (TPSA) is 69.1 Å². The van der Waals surface area contributed by atoms with Gasteiger partial charge in [-0.05, 0) is 29.2 Å². The van der Waals surface area contributed by atoms with Gasteiger partial charge in [0.15, 0.2) is 12.1 Å². The predicted molar refractivity (Wildman–Crippen MR) is 126 cm³/mol. The second kappa shape index (κ2) is 8.17. The van der Waals surface area contributed by atoms with E-state index in [4.69, 9.17) is 0 Å². The molecule has 2 heterocycles. The van der Waals surface area contributed by atoms with Crippen LogP contribution in [0.4, 0.5) is 0 Å². The van der Waals surface area contributed by atoms with Crippen LogP contribution >= 0.6 is 0 Å². The first-order chi connectivity index (χ1) is 16.1. The van der Waals surface area contributed by atoms with Crippen LogP contribution in [0.5, 0.6) is 0 Å². The molecule has 5 rings (SSSR count). The average Bonchev–Trinajstić information content (AvgIpc) is 3.20. The number of ketones is 1. The molecule has 0 spiro atoms. The highest BCUT2D eigenvalue weighted by atomic mass is 16.1. The van der Waals surface area contributed by atoms with E-state index < -0.39 is 23.4 Å².